The molecule has 3 aromatic carbocycles. The molecule has 3 rings (SSSR count). The molecule has 0 spiro atoms. The normalized spacial score (nSPS) is 12.5. The molecule has 0 aliphatic carbocycles. The minimum Gasteiger partial charge on any atom is -0.484 e. The number of nitrogens with zero attached hydrogens (tertiary/aromatic N) is 1. The van der Waals surface area contributed by atoms with Crippen LogP contribution < -0.4 is 10.1 Å². The Balaban J connectivity index is 1.93. The molecule has 5 nitrogen and oxygen atoms in total. The number of nitrogens with one attached hydrogen (secondary N) is 1. The van der Waals surface area contributed by atoms with E-state index in [0.717, 1.165) is 37.6 Å². The summed E-state index contributed by atoms with van der Waals surface area (Å²) in [6.07, 6.45) is 1.20. The lowest BCUT2D eigenvalue weighted by atomic mass is 10.0. The van der Waals surface area contributed by atoms with Crippen LogP contribution in [0.1, 0.15) is 42.5 Å². The Bertz CT molecular complexity index is 1190. The van der Waals surface area contributed by atoms with Crippen molar-refractivity contribution in [3.8, 4) is 5.75 Å². The predicted octanol–water partition coefficient (Wildman–Crippen LogP) is 6.76. The third-order valence-electron chi connectivity index (χ3n) is 6.29. The molecule has 0 aromatic heterocycles. The Kier molecular flexibility index (Phi) is 10.8. The maximum atomic E-state index is 13.7. The molecule has 0 bridgehead atoms. The number of aryl methyl sites for hydroxylation is 2. The molecule has 0 fully saturated rings. The highest BCUT2D eigenvalue weighted by Crippen LogP contribution is 2.26. The van der Waals surface area contributed by atoms with Crippen LogP contribution in [0.2, 0.25) is 0 Å². The summed E-state index contributed by atoms with van der Waals surface area (Å²) in [7, 11) is 0. The second-order valence-electron chi connectivity index (χ2n) is 9.33. The third-order valence-corrected chi connectivity index (χ3v) is 8.03. The smallest absolute Gasteiger partial charge is 0.261 e. The van der Waals surface area contributed by atoms with Gasteiger partial charge in [-0.2, -0.15) is 0 Å². The minimum absolute atomic E-state index is 0.00133. The zero-order valence-corrected chi connectivity index (χ0v) is 24.9. The average Bonchev–Trinajstić information content (AvgIpc) is 2.88. The van der Waals surface area contributed by atoms with Crippen molar-refractivity contribution >= 4 is 43.7 Å². The van der Waals surface area contributed by atoms with E-state index in [9.17, 15) is 9.59 Å². The number of ether oxygens (including phenoxy) is 1. The quantitative estimate of drug-likeness (QED) is 0.255. The van der Waals surface area contributed by atoms with Gasteiger partial charge in [0.1, 0.15) is 11.8 Å². The molecule has 37 heavy (non-hydrogen) atoms. The van der Waals surface area contributed by atoms with Crippen molar-refractivity contribution < 1.29 is 14.3 Å². The highest BCUT2D eigenvalue weighted by Gasteiger charge is 2.31. The van der Waals surface area contributed by atoms with Gasteiger partial charge in [-0.25, -0.2) is 0 Å². The van der Waals surface area contributed by atoms with Gasteiger partial charge in [-0.05, 0) is 73.7 Å². The van der Waals surface area contributed by atoms with Gasteiger partial charge in [-0.15, -0.1) is 0 Å². The second kappa shape index (κ2) is 13.8. The first kappa shape index (κ1) is 28.9. The number of benzene rings is 3. The van der Waals surface area contributed by atoms with Crippen LogP contribution in [0.4, 0.5) is 0 Å². The summed E-state index contributed by atoms with van der Waals surface area (Å²) in [6.45, 7) is 8.08. The van der Waals surface area contributed by atoms with Gasteiger partial charge in [0.05, 0.1) is 0 Å². The fraction of sp³-hybridized carbons (Fsp3) is 0.333. The lowest BCUT2D eigenvalue weighted by Gasteiger charge is -2.32. The lowest BCUT2D eigenvalue weighted by Crippen LogP contribution is -2.53. The number of hydrogen-bond donors (Lipinski definition) is 1. The van der Waals surface area contributed by atoms with Gasteiger partial charge in [0.15, 0.2) is 6.61 Å². The summed E-state index contributed by atoms with van der Waals surface area (Å²) in [5.41, 5.74) is 3.97. The maximum Gasteiger partial charge on any atom is 0.261 e. The van der Waals surface area contributed by atoms with Gasteiger partial charge >= 0.3 is 0 Å². The van der Waals surface area contributed by atoms with Crippen LogP contribution in [0.3, 0.4) is 0 Å². The summed E-state index contributed by atoms with van der Waals surface area (Å²) < 4.78 is 7.89. The van der Waals surface area contributed by atoms with Crippen LogP contribution >= 0.6 is 31.9 Å². The van der Waals surface area contributed by atoms with Gasteiger partial charge in [-0.3, -0.25) is 9.59 Å². The van der Waals surface area contributed by atoms with Crippen LogP contribution in [0, 0.1) is 13.8 Å². The van der Waals surface area contributed by atoms with E-state index in [1.54, 1.807) is 4.90 Å². The molecule has 2 atom stereocenters. The first-order chi connectivity index (χ1) is 17.7. The van der Waals surface area contributed by atoms with Crippen molar-refractivity contribution in [3.05, 3.63) is 97.9 Å². The molecule has 3 aromatic rings. The van der Waals surface area contributed by atoms with Crippen molar-refractivity contribution in [2.45, 2.75) is 59.2 Å². The average molecular weight is 630 g/mol. The molecule has 0 radical (unpaired) electrons. The standard InChI is InChI=1S/C30H34Br2N2O3/c1-5-22(4)33-30(36)27(17-23-10-7-6-8-11-23)34(18-24-12-9-13-25(31)16-24)28(35)19-37-26-14-20(2)29(32)21(3)15-26/h6-16,22,27H,5,17-19H2,1-4H3,(H,33,36)/t22-,27+/m1/s1. The zero-order chi connectivity index (χ0) is 26.9. The highest BCUT2D eigenvalue weighted by molar-refractivity contribution is 9.10. The van der Waals surface area contributed by atoms with Crippen LogP contribution in [-0.4, -0.2) is 35.4 Å². The Morgan fingerprint density at radius 1 is 0.946 bits per heavy atom. The number of halogens is 2. The molecule has 2 amide bonds. The van der Waals surface area contributed by atoms with Gasteiger partial charge < -0.3 is 15.0 Å². The van der Waals surface area contributed by atoms with Crippen LogP contribution in [0.5, 0.6) is 5.75 Å². The van der Waals surface area contributed by atoms with Gasteiger partial charge in [0.2, 0.25) is 5.91 Å². The van der Waals surface area contributed by atoms with E-state index in [4.69, 9.17) is 4.74 Å². The summed E-state index contributed by atoms with van der Waals surface area (Å²) in [5.74, 6) is 0.202. The fourth-order valence-electron chi connectivity index (χ4n) is 4.04. The molecule has 0 unspecified atom stereocenters. The molecular weight excluding hydrogens is 596 g/mol. The van der Waals surface area contributed by atoms with E-state index >= 15 is 0 Å². The van der Waals surface area contributed by atoms with Crippen molar-refractivity contribution in [3.63, 3.8) is 0 Å². The largest absolute Gasteiger partial charge is 0.484 e. The van der Waals surface area contributed by atoms with E-state index in [2.05, 4.69) is 37.2 Å². The molecule has 0 aliphatic heterocycles. The Hall–Kier alpha value is -2.64. The fourth-order valence-corrected chi connectivity index (χ4v) is 4.72. The molecular formula is C30H34Br2N2O3. The number of hydrogen-bond acceptors (Lipinski definition) is 3. The van der Waals surface area contributed by atoms with Gasteiger partial charge in [-0.1, -0.05) is 81.2 Å². The number of carbonyl (C=O) groups excluding carboxylic acids is 2. The van der Waals surface area contributed by atoms with Crippen molar-refractivity contribution in [2.24, 2.45) is 0 Å². The molecule has 0 aliphatic rings. The topological polar surface area (TPSA) is 58.6 Å². The summed E-state index contributed by atoms with van der Waals surface area (Å²) >= 11 is 7.09. The Morgan fingerprint density at radius 2 is 1.59 bits per heavy atom. The minimum atomic E-state index is -0.695. The first-order valence-electron chi connectivity index (χ1n) is 12.5. The van der Waals surface area contributed by atoms with E-state index in [-0.39, 0.29) is 31.0 Å². The van der Waals surface area contributed by atoms with Gasteiger partial charge in [0, 0.05) is 28.0 Å². The third kappa shape index (κ3) is 8.44. The zero-order valence-electron chi connectivity index (χ0n) is 21.8. The molecule has 7 heteroatoms. The summed E-state index contributed by atoms with van der Waals surface area (Å²) in [5, 5.41) is 3.09. The van der Waals surface area contributed by atoms with Crippen LogP contribution in [0.25, 0.3) is 0 Å². The van der Waals surface area contributed by atoms with E-state index in [1.807, 2.05) is 94.4 Å². The van der Waals surface area contributed by atoms with Crippen molar-refractivity contribution in [1.82, 2.24) is 10.2 Å². The molecule has 0 heterocycles. The molecule has 0 saturated carbocycles. The Morgan fingerprint density at radius 3 is 2.22 bits per heavy atom. The van der Waals surface area contributed by atoms with Crippen LogP contribution in [-0.2, 0) is 22.6 Å². The van der Waals surface area contributed by atoms with Crippen molar-refractivity contribution in [1.29, 1.82) is 0 Å². The molecule has 196 valence electrons. The molecule has 0 saturated heterocycles. The summed E-state index contributed by atoms with van der Waals surface area (Å²) in [6, 6.07) is 20.7. The number of carbonyl (C=O) groups is 2. The predicted molar refractivity (Wildman–Crippen MR) is 156 cm³/mol. The van der Waals surface area contributed by atoms with E-state index in [0.29, 0.717) is 12.2 Å². The van der Waals surface area contributed by atoms with E-state index in [1.165, 1.54) is 0 Å². The number of rotatable bonds is 11. The SMILES string of the molecule is CC[C@@H](C)NC(=O)[C@H](Cc1ccccc1)N(Cc1cccc(Br)c1)C(=O)COc1cc(C)c(Br)c(C)c1. The highest BCUT2D eigenvalue weighted by atomic mass is 79.9. The molecule has 1 N–H and O–H groups in total. The monoisotopic (exact) mass is 628 g/mol. The summed E-state index contributed by atoms with van der Waals surface area (Å²) in [4.78, 5) is 28.9. The Labute approximate surface area is 236 Å². The van der Waals surface area contributed by atoms with E-state index < -0.39 is 6.04 Å². The second-order valence-corrected chi connectivity index (χ2v) is 11.0. The lowest BCUT2D eigenvalue weighted by molar-refractivity contribution is -0.143. The maximum absolute atomic E-state index is 13.7. The van der Waals surface area contributed by atoms with Gasteiger partial charge in [0.25, 0.3) is 5.91 Å². The van der Waals surface area contributed by atoms with Crippen molar-refractivity contribution in [2.75, 3.05) is 6.61 Å². The van der Waals surface area contributed by atoms with Crippen LogP contribution in [0.15, 0.2) is 75.7 Å². The first-order valence-corrected chi connectivity index (χ1v) is 14.0. The number of amides is 2.